The Balaban J connectivity index is 3.37. The van der Waals surface area contributed by atoms with Crippen LogP contribution < -0.4 is 5.32 Å². The van der Waals surface area contributed by atoms with Crippen molar-refractivity contribution in [2.45, 2.75) is 39.7 Å². The quantitative estimate of drug-likeness (QED) is 0.661. The van der Waals surface area contributed by atoms with Crippen LogP contribution in [0.2, 0.25) is 0 Å². The monoisotopic (exact) mass is 189 g/mol. The van der Waals surface area contributed by atoms with E-state index in [9.17, 15) is 0 Å². The summed E-state index contributed by atoms with van der Waals surface area (Å²) >= 11 is 1.94. The van der Waals surface area contributed by atoms with Crippen molar-refractivity contribution in [2.75, 3.05) is 18.6 Å². The van der Waals surface area contributed by atoms with E-state index in [2.05, 4.69) is 32.3 Å². The van der Waals surface area contributed by atoms with E-state index in [0.717, 1.165) is 12.0 Å². The molecule has 0 bridgehead atoms. The number of nitrogens with one attached hydrogen (secondary N) is 1. The Labute approximate surface area is 81.7 Å². The van der Waals surface area contributed by atoms with Crippen LogP contribution in [0.15, 0.2) is 0 Å². The highest BCUT2D eigenvalue weighted by atomic mass is 32.2. The zero-order chi connectivity index (χ0) is 9.40. The third-order valence-electron chi connectivity index (χ3n) is 2.19. The van der Waals surface area contributed by atoms with Gasteiger partial charge in [-0.05, 0) is 37.3 Å². The summed E-state index contributed by atoms with van der Waals surface area (Å²) in [7, 11) is 0. The molecule has 1 unspecified atom stereocenters. The van der Waals surface area contributed by atoms with E-state index >= 15 is 0 Å². The fourth-order valence-corrected chi connectivity index (χ4v) is 1.98. The molecule has 0 heterocycles. The SMILES string of the molecule is CCC(CC)NCC(C)CSC. The molecule has 0 aromatic rings. The first-order chi connectivity index (χ1) is 5.74. The second-order valence-corrected chi connectivity index (χ2v) is 4.39. The lowest BCUT2D eigenvalue weighted by Crippen LogP contribution is -2.32. The molecule has 0 aromatic carbocycles. The fraction of sp³-hybridized carbons (Fsp3) is 1.00. The van der Waals surface area contributed by atoms with Crippen LogP contribution in [0.5, 0.6) is 0 Å². The minimum atomic E-state index is 0.731. The zero-order valence-electron chi connectivity index (χ0n) is 8.89. The lowest BCUT2D eigenvalue weighted by molar-refractivity contribution is 0.446. The van der Waals surface area contributed by atoms with Crippen molar-refractivity contribution in [1.29, 1.82) is 0 Å². The van der Waals surface area contributed by atoms with Crippen LogP contribution in [0, 0.1) is 5.92 Å². The van der Waals surface area contributed by atoms with Crippen molar-refractivity contribution in [3.63, 3.8) is 0 Å². The Morgan fingerprint density at radius 1 is 1.25 bits per heavy atom. The van der Waals surface area contributed by atoms with Crippen molar-refractivity contribution in [1.82, 2.24) is 5.32 Å². The first-order valence-electron chi connectivity index (χ1n) is 4.96. The maximum absolute atomic E-state index is 3.59. The molecule has 0 aliphatic heterocycles. The Kier molecular flexibility index (Phi) is 8.14. The summed E-state index contributed by atoms with van der Waals surface area (Å²) in [6, 6.07) is 0.731. The van der Waals surface area contributed by atoms with Gasteiger partial charge in [0.25, 0.3) is 0 Å². The highest BCUT2D eigenvalue weighted by Gasteiger charge is 2.05. The van der Waals surface area contributed by atoms with E-state index in [-0.39, 0.29) is 0 Å². The molecular formula is C10H23NS. The van der Waals surface area contributed by atoms with Gasteiger partial charge in [-0.2, -0.15) is 11.8 Å². The van der Waals surface area contributed by atoms with Crippen LogP contribution in [-0.4, -0.2) is 24.6 Å². The molecule has 0 aliphatic rings. The number of thioether (sulfide) groups is 1. The van der Waals surface area contributed by atoms with Crippen molar-refractivity contribution in [3.05, 3.63) is 0 Å². The molecule has 1 N–H and O–H groups in total. The lowest BCUT2D eigenvalue weighted by atomic mass is 10.1. The topological polar surface area (TPSA) is 12.0 Å². The van der Waals surface area contributed by atoms with Gasteiger partial charge in [-0.3, -0.25) is 0 Å². The molecule has 0 rings (SSSR count). The van der Waals surface area contributed by atoms with Gasteiger partial charge in [-0.1, -0.05) is 20.8 Å². The summed E-state index contributed by atoms with van der Waals surface area (Å²) in [6.45, 7) is 7.99. The molecular weight excluding hydrogens is 166 g/mol. The molecule has 2 heteroatoms. The number of hydrogen-bond acceptors (Lipinski definition) is 2. The zero-order valence-corrected chi connectivity index (χ0v) is 9.71. The molecule has 74 valence electrons. The predicted octanol–water partition coefficient (Wildman–Crippen LogP) is 2.76. The maximum atomic E-state index is 3.59. The predicted molar refractivity (Wildman–Crippen MR) is 59.9 cm³/mol. The van der Waals surface area contributed by atoms with Crippen molar-refractivity contribution in [2.24, 2.45) is 5.92 Å². The molecule has 1 nitrogen and oxygen atoms in total. The van der Waals surface area contributed by atoms with Crippen LogP contribution in [0.25, 0.3) is 0 Å². The molecule has 0 saturated carbocycles. The Morgan fingerprint density at radius 2 is 1.83 bits per heavy atom. The number of rotatable bonds is 7. The maximum Gasteiger partial charge on any atom is 0.00619 e. The minimum Gasteiger partial charge on any atom is -0.314 e. The van der Waals surface area contributed by atoms with E-state index in [1.54, 1.807) is 0 Å². The Morgan fingerprint density at radius 3 is 2.25 bits per heavy atom. The highest BCUT2D eigenvalue weighted by Crippen LogP contribution is 2.04. The largest absolute Gasteiger partial charge is 0.314 e. The van der Waals surface area contributed by atoms with Gasteiger partial charge < -0.3 is 5.32 Å². The van der Waals surface area contributed by atoms with E-state index in [0.29, 0.717) is 0 Å². The van der Waals surface area contributed by atoms with Crippen molar-refractivity contribution in [3.8, 4) is 0 Å². The molecule has 0 spiro atoms. The Hall–Kier alpha value is 0.310. The molecule has 12 heavy (non-hydrogen) atoms. The number of hydrogen-bond donors (Lipinski definition) is 1. The molecule has 0 radical (unpaired) electrons. The van der Waals surface area contributed by atoms with Gasteiger partial charge in [-0.25, -0.2) is 0 Å². The van der Waals surface area contributed by atoms with Gasteiger partial charge in [0.05, 0.1) is 0 Å². The molecule has 0 amide bonds. The normalized spacial score (nSPS) is 13.8. The summed E-state index contributed by atoms with van der Waals surface area (Å²) in [5.74, 6) is 2.08. The Bertz CT molecular complexity index is 91.8. The van der Waals surface area contributed by atoms with Gasteiger partial charge in [0, 0.05) is 6.04 Å². The van der Waals surface area contributed by atoms with Crippen LogP contribution >= 0.6 is 11.8 Å². The van der Waals surface area contributed by atoms with Crippen LogP contribution in [-0.2, 0) is 0 Å². The highest BCUT2D eigenvalue weighted by molar-refractivity contribution is 7.98. The lowest BCUT2D eigenvalue weighted by Gasteiger charge is -2.17. The second kappa shape index (κ2) is 7.93. The molecule has 1 atom stereocenters. The van der Waals surface area contributed by atoms with Gasteiger partial charge >= 0.3 is 0 Å². The van der Waals surface area contributed by atoms with Crippen LogP contribution in [0.3, 0.4) is 0 Å². The average Bonchev–Trinajstić information content (AvgIpc) is 2.07. The molecule has 0 fully saturated rings. The summed E-state index contributed by atoms with van der Waals surface area (Å²) in [5, 5.41) is 3.59. The van der Waals surface area contributed by atoms with Crippen molar-refractivity contribution >= 4 is 11.8 Å². The molecule has 0 saturated heterocycles. The standard InChI is InChI=1S/C10H23NS/c1-5-10(6-2)11-7-9(3)8-12-4/h9-11H,5-8H2,1-4H3. The van der Waals surface area contributed by atoms with Crippen LogP contribution in [0.1, 0.15) is 33.6 Å². The average molecular weight is 189 g/mol. The van der Waals surface area contributed by atoms with Gasteiger partial charge in [0.15, 0.2) is 0 Å². The van der Waals surface area contributed by atoms with Gasteiger partial charge in [-0.15, -0.1) is 0 Å². The molecule has 0 aromatic heterocycles. The molecule has 0 aliphatic carbocycles. The summed E-state index contributed by atoms with van der Waals surface area (Å²) in [4.78, 5) is 0. The second-order valence-electron chi connectivity index (χ2n) is 3.48. The fourth-order valence-electron chi connectivity index (χ4n) is 1.29. The van der Waals surface area contributed by atoms with Crippen molar-refractivity contribution < 1.29 is 0 Å². The summed E-state index contributed by atoms with van der Waals surface area (Å²) in [6.07, 6.45) is 4.68. The van der Waals surface area contributed by atoms with E-state index in [1.807, 2.05) is 11.8 Å². The first-order valence-corrected chi connectivity index (χ1v) is 6.36. The summed E-state index contributed by atoms with van der Waals surface area (Å²) < 4.78 is 0. The van der Waals surface area contributed by atoms with Gasteiger partial charge in [0.2, 0.25) is 0 Å². The minimum absolute atomic E-state index is 0.731. The van der Waals surface area contributed by atoms with Gasteiger partial charge in [0.1, 0.15) is 0 Å². The smallest absolute Gasteiger partial charge is 0.00619 e. The third kappa shape index (κ3) is 5.90. The van der Waals surface area contributed by atoms with E-state index in [4.69, 9.17) is 0 Å². The third-order valence-corrected chi connectivity index (χ3v) is 3.09. The van der Waals surface area contributed by atoms with E-state index in [1.165, 1.54) is 25.1 Å². The van der Waals surface area contributed by atoms with Crippen LogP contribution in [0.4, 0.5) is 0 Å². The first kappa shape index (κ1) is 12.3. The summed E-state index contributed by atoms with van der Waals surface area (Å²) in [5.41, 5.74) is 0. The van der Waals surface area contributed by atoms with E-state index < -0.39 is 0 Å².